The highest BCUT2D eigenvalue weighted by Gasteiger charge is 2.41. The Morgan fingerprint density at radius 3 is 2.64 bits per heavy atom. The summed E-state index contributed by atoms with van der Waals surface area (Å²) in [5, 5.41) is 4.23. The molecule has 5 rings (SSSR count). The lowest BCUT2D eigenvalue weighted by atomic mass is 9.87. The van der Waals surface area contributed by atoms with E-state index in [1.807, 2.05) is 29.2 Å². The second kappa shape index (κ2) is 10.1. The molecule has 2 aromatic carbocycles. The van der Waals surface area contributed by atoms with Crippen molar-refractivity contribution in [1.82, 2.24) is 4.90 Å². The highest BCUT2D eigenvalue weighted by Crippen LogP contribution is 2.42. The molecule has 1 fully saturated rings. The van der Waals surface area contributed by atoms with Crippen LogP contribution in [0.5, 0.6) is 5.75 Å². The van der Waals surface area contributed by atoms with Crippen molar-refractivity contribution in [2.24, 2.45) is 5.16 Å². The van der Waals surface area contributed by atoms with Crippen LogP contribution in [-0.4, -0.2) is 68.0 Å². The lowest BCUT2D eigenvalue weighted by Gasteiger charge is -2.37. The summed E-state index contributed by atoms with van der Waals surface area (Å²) in [6.45, 7) is 13.6. The predicted octanol–water partition coefficient (Wildman–Crippen LogP) is 4.83. The number of rotatable bonds is 6. The minimum Gasteiger partial charge on any atom is -0.489 e. The van der Waals surface area contributed by atoms with Crippen LogP contribution >= 0.6 is 15.9 Å². The normalized spacial score (nSPS) is 21.4. The molecule has 7 nitrogen and oxygen atoms in total. The fraction of sp³-hybridized carbons (Fsp3) is 0.500. The van der Waals surface area contributed by atoms with Crippen LogP contribution in [0, 0.1) is 0 Å². The van der Waals surface area contributed by atoms with Crippen molar-refractivity contribution < 1.29 is 14.4 Å². The van der Waals surface area contributed by atoms with Gasteiger partial charge in [0.2, 0.25) is 0 Å². The number of nitrogens with zero attached hydrogens (tertiary/aromatic N) is 4. The van der Waals surface area contributed by atoms with Crippen molar-refractivity contribution in [2.45, 2.75) is 51.7 Å². The van der Waals surface area contributed by atoms with Crippen molar-refractivity contribution in [1.29, 1.82) is 0 Å². The molecule has 0 aromatic heterocycles. The van der Waals surface area contributed by atoms with Crippen molar-refractivity contribution in [3.05, 3.63) is 52.5 Å². The number of ether oxygens (including phenoxy) is 1. The first kappa shape index (κ1) is 25.1. The highest BCUT2D eigenvalue weighted by atomic mass is 79.9. The van der Waals surface area contributed by atoms with Gasteiger partial charge in [0.25, 0.3) is 5.91 Å². The lowest BCUT2D eigenvalue weighted by Crippen LogP contribution is -2.49. The summed E-state index contributed by atoms with van der Waals surface area (Å²) in [5.74, 6) is 0.897. The van der Waals surface area contributed by atoms with Gasteiger partial charge >= 0.3 is 0 Å². The first-order chi connectivity index (χ1) is 17.2. The van der Waals surface area contributed by atoms with E-state index < -0.39 is 0 Å². The summed E-state index contributed by atoms with van der Waals surface area (Å²) in [7, 11) is 0. The molecule has 0 N–H and O–H groups in total. The van der Waals surface area contributed by atoms with Crippen LogP contribution in [-0.2, 0) is 15.0 Å². The van der Waals surface area contributed by atoms with E-state index >= 15 is 0 Å². The fourth-order valence-electron chi connectivity index (χ4n) is 5.37. The van der Waals surface area contributed by atoms with Crippen LogP contribution in [0.3, 0.4) is 0 Å². The van der Waals surface area contributed by atoms with E-state index in [9.17, 15) is 4.79 Å². The molecule has 1 saturated heterocycles. The number of amides is 1. The summed E-state index contributed by atoms with van der Waals surface area (Å²) in [6, 6.07) is 14.4. The average Bonchev–Trinajstić information content (AvgIpc) is 3.41. The zero-order valence-corrected chi connectivity index (χ0v) is 23.1. The van der Waals surface area contributed by atoms with Gasteiger partial charge in [0.15, 0.2) is 0 Å². The molecule has 1 amide bonds. The third-order valence-electron chi connectivity index (χ3n) is 7.16. The Morgan fingerprint density at radius 1 is 1.14 bits per heavy atom. The Balaban J connectivity index is 1.15. The molecule has 0 spiro atoms. The van der Waals surface area contributed by atoms with Gasteiger partial charge in [-0.3, -0.25) is 9.69 Å². The Bertz CT molecular complexity index is 1160. The van der Waals surface area contributed by atoms with E-state index in [4.69, 9.17) is 9.57 Å². The van der Waals surface area contributed by atoms with Crippen molar-refractivity contribution in [3.8, 4) is 5.75 Å². The summed E-state index contributed by atoms with van der Waals surface area (Å²) in [5.41, 5.74) is 3.72. The second-order valence-corrected chi connectivity index (χ2v) is 11.7. The van der Waals surface area contributed by atoms with Crippen molar-refractivity contribution >= 4 is 38.9 Å². The zero-order chi connectivity index (χ0) is 25.4. The van der Waals surface area contributed by atoms with Gasteiger partial charge in [0.1, 0.15) is 17.6 Å². The van der Waals surface area contributed by atoms with Gasteiger partial charge in [-0.25, -0.2) is 0 Å². The number of halogens is 1. The number of fused-ring (bicyclic) bond motifs is 1. The Hall–Kier alpha value is -2.58. The molecule has 192 valence electrons. The largest absolute Gasteiger partial charge is 0.489 e. The number of carbonyl (C=O) groups is 1. The van der Waals surface area contributed by atoms with Crippen LogP contribution in [0.15, 0.2) is 52.1 Å². The van der Waals surface area contributed by atoms with Gasteiger partial charge in [-0.1, -0.05) is 47.1 Å². The first-order valence-corrected chi connectivity index (χ1v) is 13.6. The number of benzene rings is 2. The minimum atomic E-state index is -0.104. The standard InChI is InChI=1S/C28H35BrN4O3/c1-19(2)35-26-8-6-5-7-25(26)32-13-11-31(12-14-32)17-21-16-23(30-36-21)27(34)33-18-28(3,4)22-15-20(29)9-10-24(22)33/h5-10,15,19,21H,11-14,16-18H2,1-4H3. The maximum Gasteiger partial charge on any atom is 0.276 e. The molecular weight excluding hydrogens is 520 g/mol. The average molecular weight is 556 g/mol. The molecular formula is C28H35BrN4O3. The predicted molar refractivity (Wildman–Crippen MR) is 147 cm³/mol. The minimum absolute atomic E-state index is 0.0433. The maximum absolute atomic E-state index is 13.4. The molecule has 3 aliphatic heterocycles. The Kier molecular flexibility index (Phi) is 7.01. The molecule has 3 heterocycles. The quantitative estimate of drug-likeness (QED) is 0.512. The van der Waals surface area contributed by atoms with Gasteiger partial charge in [0, 0.05) is 61.3 Å². The van der Waals surface area contributed by atoms with Crippen LogP contribution in [0.1, 0.15) is 39.7 Å². The SMILES string of the molecule is CC(C)Oc1ccccc1N1CCN(CC2CC(C(=O)N3CC(C)(C)c4cc(Br)ccc43)=NO2)CC1. The molecule has 0 bridgehead atoms. The molecule has 2 aromatic rings. The van der Waals surface area contributed by atoms with Gasteiger partial charge < -0.3 is 19.4 Å². The Morgan fingerprint density at radius 2 is 1.89 bits per heavy atom. The third kappa shape index (κ3) is 5.11. The van der Waals surface area contributed by atoms with Crippen LogP contribution < -0.4 is 14.5 Å². The second-order valence-electron chi connectivity index (χ2n) is 10.8. The smallest absolute Gasteiger partial charge is 0.276 e. The number of oxime groups is 1. The van der Waals surface area contributed by atoms with Gasteiger partial charge in [-0.15, -0.1) is 0 Å². The number of para-hydroxylation sites is 2. The topological polar surface area (TPSA) is 57.6 Å². The maximum atomic E-state index is 13.4. The van der Waals surface area contributed by atoms with Gasteiger partial charge in [0.05, 0.1) is 11.8 Å². The highest BCUT2D eigenvalue weighted by molar-refractivity contribution is 9.10. The molecule has 0 radical (unpaired) electrons. The summed E-state index contributed by atoms with van der Waals surface area (Å²) >= 11 is 3.56. The van der Waals surface area contributed by atoms with Crippen molar-refractivity contribution in [2.75, 3.05) is 49.1 Å². The summed E-state index contributed by atoms with van der Waals surface area (Å²) in [6.07, 6.45) is 0.602. The number of hydrogen-bond donors (Lipinski definition) is 0. The monoisotopic (exact) mass is 554 g/mol. The van der Waals surface area contributed by atoms with E-state index in [-0.39, 0.29) is 23.5 Å². The number of hydrogen-bond acceptors (Lipinski definition) is 6. The van der Waals surface area contributed by atoms with Crippen molar-refractivity contribution in [3.63, 3.8) is 0 Å². The third-order valence-corrected chi connectivity index (χ3v) is 7.65. The molecule has 0 saturated carbocycles. The number of carbonyl (C=O) groups excluding carboxylic acids is 1. The molecule has 8 heteroatoms. The van der Waals surface area contributed by atoms with Gasteiger partial charge in [-0.05, 0) is 49.7 Å². The summed E-state index contributed by atoms with van der Waals surface area (Å²) < 4.78 is 7.05. The number of piperazine rings is 1. The molecule has 36 heavy (non-hydrogen) atoms. The van der Waals surface area contributed by atoms with E-state index in [0.29, 0.717) is 18.7 Å². The summed E-state index contributed by atoms with van der Waals surface area (Å²) in [4.78, 5) is 25.8. The lowest BCUT2D eigenvalue weighted by molar-refractivity contribution is -0.112. The van der Waals surface area contributed by atoms with E-state index in [2.05, 4.69) is 76.8 Å². The molecule has 3 aliphatic rings. The molecule has 1 unspecified atom stereocenters. The first-order valence-electron chi connectivity index (χ1n) is 12.8. The van der Waals surface area contributed by atoms with Crippen LogP contribution in [0.2, 0.25) is 0 Å². The van der Waals surface area contributed by atoms with Crippen LogP contribution in [0.25, 0.3) is 0 Å². The molecule has 1 atom stereocenters. The zero-order valence-electron chi connectivity index (χ0n) is 21.5. The van der Waals surface area contributed by atoms with E-state index in [1.54, 1.807) is 0 Å². The van der Waals surface area contributed by atoms with E-state index in [1.165, 1.54) is 5.56 Å². The van der Waals surface area contributed by atoms with Crippen LogP contribution in [0.4, 0.5) is 11.4 Å². The molecule has 0 aliphatic carbocycles. The fourth-order valence-corrected chi connectivity index (χ4v) is 5.73. The van der Waals surface area contributed by atoms with E-state index in [0.717, 1.165) is 54.3 Å². The Labute approximate surface area is 222 Å². The number of anilines is 2. The van der Waals surface area contributed by atoms with Gasteiger partial charge in [-0.2, -0.15) is 0 Å².